The lowest BCUT2D eigenvalue weighted by atomic mass is 10.3. The third-order valence-electron chi connectivity index (χ3n) is 3.50. The number of fused-ring (bicyclic) bond motifs is 1. The summed E-state index contributed by atoms with van der Waals surface area (Å²) in [5.74, 6) is 1.40. The fourth-order valence-corrected chi connectivity index (χ4v) is 3.47. The van der Waals surface area contributed by atoms with Crippen molar-refractivity contribution in [1.82, 2.24) is 9.88 Å². The van der Waals surface area contributed by atoms with Gasteiger partial charge in [0.1, 0.15) is 21.7 Å². The third kappa shape index (κ3) is 4.49. The maximum atomic E-state index is 12.0. The molecule has 0 atom stereocenters. The van der Waals surface area contributed by atoms with Crippen LogP contribution in [0, 0.1) is 0 Å². The van der Waals surface area contributed by atoms with E-state index in [4.69, 9.17) is 9.47 Å². The first-order chi connectivity index (χ1) is 11.0. The predicted octanol–water partition coefficient (Wildman–Crippen LogP) is 3.04. The molecule has 0 aliphatic heterocycles. The summed E-state index contributed by atoms with van der Waals surface area (Å²) in [5.41, 5.74) is 0.728. The summed E-state index contributed by atoms with van der Waals surface area (Å²) < 4.78 is 11.7. The third-order valence-corrected chi connectivity index (χ3v) is 4.59. The minimum Gasteiger partial charge on any atom is -0.495 e. The average molecular weight is 374 g/mol. The van der Waals surface area contributed by atoms with Crippen LogP contribution in [0.4, 0.5) is 5.13 Å². The summed E-state index contributed by atoms with van der Waals surface area (Å²) in [6.07, 6.45) is 0.886. The van der Waals surface area contributed by atoms with E-state index in [9.17, 15) is 4.79 Å². The van der Waals surface area contributed by atoms with Crippen LogP contribution in [0.2, 0.25) is 0 Å². The largest absolute Gasteiger partial charge is 0.495 e. The molecule has 8 heteroatoms. The zero-order valence-electron chi connectivity index (χ0n) is 14.7. The van der Waals surface area contributed by atoms with Gasteiger partial charge in [0.2, 0.25) is 5.91 Å². The van der Waals surface area contributed by atoms with Crippen molar-refractivity contribution in [1.29, 1.82) is 0 Å². The van der Waals surface area contributed by atoms with Gasteiger partial charge in [0, 0.05) is 13.5 Å². The highest BCUT2D eigenvalue weighted by Gasteiger charge is 2.20. The number of aromatic nitrogens is 1. The Kier molecular flexibility index (Phi) is 7.72. The molecule has 0 N–H and O–H groups in total. The van der Waals surface area contributed by atoms with Gasteiger partial charge in [-0.1, -0.05) is 11.3 Å². The van der Waals surface area contributed by atoms with Crippen LogP contribution in [0.3, 0.4) is 0 Å². The molecular weight excluding hydrogens is 350 g/mol. The first-order valence-corrected chi connectivity index (χ1v) is 8.24. The summed E-state index contributed by atoms with van der Waals surface area (Å²) in [4.78, 5) is 20.5. The van der Waals surface area contributed by atoms with Crippen molar-refractivity contribution in [3.8, 4) is 11.5 Å². The van der Waals surface area contributed by atoms with Gasteiger partial charge < -0.3 is 14.4 Å². The number of benzene rings is 1. The summed E-state index contributed by atoms with van der Waals surface area (Å²) in [7, 11) is 7.28. The lowest BCUT2D eigenvalue weighted by Gasteiger charge is -2.19. The summed E-state index contributed by atoms with van der Waals surface area (Å²) in [5, 5.41) is 0.675. The van der Waals surface area contributed by atoms with Crippen molar-refractivity contribution >= 4 is 45.0 Å². The Labute approximate surface area is 152 Å². The first kappa shape index (κ1) is 20.5. The number of nitrogens with zero attached hydrogens (tertiary/aromatic N) is 3. The maximum absolute atomic E-state index is 12.0. The van der Waals surface area contributed by atoms with Gasteiger partial charge in [-0.05, 0) is 39.2 Å². The van der Waals surface area contributed by atoms with E-state index in [1.165, 1.54) is 11.3 Å². The monoisotopic (exact) mass is 373 g/mol. The molecule has 0 saturated carbocycles. The number of carbonyl (C=O) groups is 1. The Balaban J connectivity index is 0.00000288. The van der Waals surface area contributed by atoms with Crippen molar-refractivity contribution in [2.75, 3.05) is 46.3 Å². The average Bonchev–Trinajstić information content (AvgIpc) is 2.94. The number of halogens is 1. The number of anilines is 1. The van der Waals surface area contributed by atoms with Crippen molar-refractivity contribution in [2.24, 2.45) is 0 Å². The van der Waals surface area contributed by atoms with Crippen molar-refractivity contribution in [2.45, 2.75) is 13.3 Å². The number of ether oxygens (including phenoxy) is 2. The van der Waals surface area contributed by atoms with Gasteiger partial charge in [0.05, 0.1) is 14.2 Å². The lowest BCUT2D eigenvalue weighted by Crippen LogP contribution is -2.31. The molecule has 0 bridgehead atoms. The highest BCUT2D eigenvalue weighted by Crippen LogP contribution is 2.40. The van der Waals surface area contributed by atoms with E-state index >= 15 is 0 Å². The highest BCUT2D eigenvalue weighted by atomic mass is 35.5. The van der Waals surface area contributed by atoms with Crippen LogP contribution in [-0.2, 0) is 4.79 Å². The summed E-state index contributed by atoms with van der Waals surface area (Å²) in [6, 6.07) is 3.68. The van der Waals surface area contributed by atoms with Crippen molar-refractivity contribution < 1.29 is 14.3 Å². The molecule has 2 aromatic rings. The second-order valence-corrected chi connectivity index (χ2v) is 6.45. The number of hydrogen-bond acceptors (Lipinski definition) is 6. The second kappa shape index (κ2) is 9.05. The second-order valence-electron chi connectivity index (χ2n) is 5.47. The summed E-state index contributed by atoms with van der Waals surface area (Å²) in [6.45, 7) is 3.12. The van der Waals surface area contributed by atoms with Gasteiger partial charge in [-0.3, -0.25) is 9.69 Å². The van der Waals surface area contributed by atoms with E-state index in [0.29, 0.717) is 17.4 Å². The molecule has 0 aliphatic rings. The number of methoxy groups -OCH3 is 2. The molecule has 1 aromatic heterocycles. The van der Waals surface area contributed by atoms with E-state index in [1.54, 1.807) is 26.0 Å². The normalized spacial score (nSPS) is 10.6. The first-order valence-electron chi connectivity index (χ1n) is 7.42. The maximum Gasteiger partial charge on any atom is 0.225 e. The summed E-state index contributed by atoms with van der Waals surface area (Å²) >= 11 is 1.45. The zero-order chi connectivity index (χ0) is 17.0. The molecule has 1 aromatic carbocycles. The minimum absolute atomic E-state index is 0. The molecule has 0 aliphatic carbocycles. The molecule has 134 valence electrons. The van der Waals surface area contributed by atoms with Crippen molar-refractivity contribution in [3.05, 3.63) is 12.1 Å². The molecule has 0 unspecified atom stereocenters. The number of thiazole rings is 1. The van der Waals surface area contributed by atoms with Crippen LogP contribution >= 0.6 is 23.7 Å². The number of rotatable bonds is 7. The minimum atomic E-state index is -0.0132. The Morgan fingerprint density at radius 2 is 1.79 bits per heavy atom. The van der Waals surface area contributed by atoms with E-state index in [2.05, 4.69) is 9.88 Å². The molecule has 1 heterocycles. The molecule has 0 fully saturated rings. The van der Waals surface area contributed by atoms with E-state index < -0.39 is 0 Å². The van der Waals surface area contributed by atoms with Crippen LogP contribution in [0.1, 0.15) is 13.3 Å². The van der Waals surface area contributed by atoms with Gasteiger partial charge in [0.15, 0.2) is 5.13 Å². The molecule has 6 nitrogen and oxygen atoms in total. The fraction of sp³-hybridized carbons (Fsp3) is 0.500. The smallest absolute Gasteiger partial charge is 0.225 e. The van der Waals surface area contributed by atoms with Crippen molar-refractivity contribution in [3.63, 3.8) is 0 Å². The van der Waals surface area contributed by atoms with E-state index in [1.807, 2.05) is 26.2 Å². The molecule has 24 heavy (non-hydrogen) atoms. The Bertz CT molecular complexity index is 650. The van der Waals surface area contributed by atoms with Crippen LogP contribution in [0.15, 0.2) is 12.1 Å². The number of hydrogen-bond donors (Lipinski definition) is 0. The Hall–Kier alpha value is -1.57. The number of amides is 1. The molecule has 1 amide bonds. The van der Waals surface area contributed by atoms with E-state index in [-0.39, 0.29) is 18.3 Å². The van der Waals surface area contributed by atoms with Crippen LogP contribution < -0.4 is 14.4 Å². The van der Waals surface area contributed by atoms with Crippen LogP contribution in [0.5, 0.6) is 11.5 Å². The highest BCUT2D eigenvalue weighted by molar-refractivity contribution is 7.22. The van der Waals surface area contributed by atoms with Gasteiger partial charge in [-0.25, -0.2) is 4.98 Å². The zero-order valence-corrected chi connectivity index (χ0v) is 16.3. The quantitative estimate of drug-likeness (QED) is 0.746. The molecule has 0 spiro atoms. The topological polar surface area (TPSA) is 54.9 Å². The predicted molar refractivity (Wildman–Crippen MR) is 101 cm³/mol. The Morgan fingerprint density at radius 1 is 1.17 bits per heavy atom. The lowest BCUT2D eigenvalue weighted by molar-refractivity contribution is -0.116. The van der Waals surface area contributed by atoms with Crippen LogP contribution in [0.25, 0.3) is 10.2 Å². The standard InChI is InChI=1S/C16H23N3O3S.ClH/c1-11(20)19(10-6-9-18(2)3)16-17-14-12(21-4)7-8-13(22-5)15(14)23-16;/h7-8H,6,9-10H2,1-5H3;1H. The number of carbonyl (C=O) groups excluding carboxylic acids is 1. The molecule has 2 rings (SSSR count). The molecule has 0 saturated heterocycles. The SMILES string of the molecule is COc1ccc(OC)c2sc(N(CCCN(C)C)C(C)=O)nc12.Cl. The molecular formula is C16H24ClN3O3S. The van der Waals surface area contributed by atoms with Gasteiger partial charge >= 0.3 is 0 Å². The van der Waals surface area contributed by atoms with Crippen LogP contribution in [-0.4, -0.2) is 57.2 Å². The van der Waals surface area contributed by atoms with Gasteiger partial charge in [-0.15, -0.1) is 12.4 Å². The van der Waals surface area contributed by atoms with Gasteiger partial charge in [0.25, 0.3) is 0 Å². The fourth-order valence-electron chi connectivity index (χ4n) is 2.32. The molecule has 0 radical (unpaired) electrons. The van der Waals surface area contributed by atoms with Gasteiger partial charge in [-0.2, -0.15) is 0 Å². The Morgan fingerprint density at radius 3 is 2.33 bits per heavy atom. The van der Waals surface area contributed by atoms with E-state index in [0.717, 1.165) is 28.9 Å².